The van der Waals surface area contributed by atoms with Crippen LogP contribution in [-0.4, -0.2) is 89.9 Å². The summed E-state index contributed by atoms with van der Waals surface area (Å²) in [4.78, 5) is 45.8. The minimum absolute atomic E-state index is 0.0217. The van der Waals surface area contributed by atoms with Gasteiger partial charge in [0.05, 0.1) is 17.7 Å². The molecule has 1 aliphatic heterocycles. The summed E-state index contributed by atoms with van der Waals surface area (Å²) < 4.78 is 43.8. The summed E-state index contributed by atoms with van der Waals surface area (Å²) in [6, 6.07) is 0. The molecule has 1 aliphatic rings. The summed E-state index contributed by atoms with van der Waals surface area (Å²) in [7, 11) is 2.56. The number of carbonyl (C=O) groups excluding carboxylic acids is 4. The zero-order chi connectivity index (χ0) is 33.0. The van der Waals surface area contributed by atoms with Crippen molar-refractivity contribution in [3.05, 3.63) is 12.3 Å². The SMILES string of the molecule is CC(C)(C)C=O.CNC(=O)/C=C\N(C=O)C1CCC(C(C)CCP(=O)(OCOC)OCOC(=O)C(C)(C)C)O1.COC. The van der Waals surface area contributed by atoms with Crippen LogP contribution in [0.1, 0.15) is 67.7 Å². The Kier molecular flexibility index (Phi) is 21.5. The zero-order valence-electron chi connectivity index (χ0n) is 27.2. The molecule has 14 heteroatoms. The van der Waals surface area contributed by atoms with Crippen molar-refractivity contribution < 1.29 is 51.7 Å². The Hall–Kier alpha value is -2.15. The highest BCUT2D eigenvalue weighted by Gasteiger charge is 2.34. The van der Waals surface area contributed by atoms with E-state index >= 15 is 0 Å². The number of ether oxygens (including phenoxy) is 4. The predicted octanol–water partition coefficient (Wildman–Crippen LogP) is 4.11. The Balaban J connectivity index is 0. The van der Waals surface area contributed by atoms with Crippen molar-refractivity contribution in [1.82, 2.24) is 10.2 Å². The van der Waals surface area contributed by atoms with Crippen LogP contribution in [0.15, 0.2) is 12.3 Å². The highest BCUT2D eigenvalue weighted by Crippen LogP contribution is 2.50. The van der Waals surface area contributed by atoms with Gasteiger partial charge >= 0.3 is 13.6 Å². The van der Waals surface area contributed by atoms with Gasteiger partial charge in [-0.25, -0.2) is 0 Å². The first kappa shape index (κ1) is 42.0. The van der Waals surface area contributed by atoms with E-state index in [0.29, 0.717) is 25.7 Å². The van der Waals surface area contributed by atoms with Crippen LogP contribution in [0.4, 0.5) is 0 Å². The number of nitrogens with one attached hydrogen (secondary N) is 1. The van der Waals surface area contributed by atoms with Gasteiger partial charge in [-0.15, -0.1) is 0 Å². The fourth-order valence-corrected chi connectivity index (χ4v) is 4.48. The smallest absolute Gasteiger partial charge is 0.335 e. The van der Waals surface area contributed by atoms with Crippen LogP contribution >= 0.6 is 7.60 Å². The molecule has 0 bridgehead atoms. The standard InChI is InChI=1S/C21H37N2O9P.C5H10O.C2H6O/c1-16(17-7-8-19(32-17)23(13-24)11-9-18(25)22-5)10-12-33(27,30-14-28-6)31-15-29-20(26)21(2,3)4;1-5(2,3)4-6;1-3-2/h9,11,13,16-17,19H,7-8,10,12,14-15H2,1-6H3,(H,22,25);4H,1-3H3;1-2H3/b11-9-;;. The lowest BCUT2D eigenvalue weighted by Gasteiger charge is -2.25. The Morgan fingerprint density at radius 3 is 2.05 bits per heavy atom. The van der Waals surface area contributed by atoms with Crippen LogP contribution in [0.3, 0.4) is 0 Å². The van der Waals surface area contributed by atoms with Crippen molar-refractivity contribution in [3.8, 4) is 0 Å². The third-order valence-corrected chi connectivity index (χ3v) is 7.20. The molecule has 13 nitrogen and oxygen atoms in total. The molecule has 0 aromatic rings. The van der Waals surface area contributed by atoms with E-state index in [1.165, 1.54) is 31.3 Å². The van der Waals surface area contributed by atoms with Gasteiger partial charge in [0.25, 0.3) is 0 Å². The highest BCUT2D eigenvalue weighted by atomic mass is 31.2. The molecule has 42 heavy (non-hydrogen) atoms. The molecule has 246 valence electrons. The molecule has 0 radical (unpaired) electrons. The number of hydrogen-bond donors (Lipinski definition) is 1. The summed E-state index contributed by atoms with van der Waals surface area (Å²) in [5, 5.41) is 2.44. The molecular weight excluding hydrogens is 571 g/mol. The van der Waals surface area contributed by atoms with E-state index < -0.39 is 32.0 Å². The maximum atomic E-state index is 13.1. The molecule has 4 atom stereocenters. The first-order valence-corrected chi connectivity index (χ1v) is 15.3. The Labute approximate surface area is 251 Å². The van der Waals surface area contributed by atoms with Crippen molar-refractivity contribution in [1.29, 1.82) is 0 Å². The van der Waals surface area contributed by atoms with E-state index in [2.05, 4.69) is 10.1 Å². The number of hydrogen-bond acceptors (Lipinski definition) is 11. The minimum atomic E-state index is -3.58. The first-order valence-electron chi connectivity index (χ1n) is 13.6. The molecule has 0 aromatic carbocycles. The van der Waals surface area contributed by atoms with Gasteiger partial charge in [0.1, 0.15) is 12.5 Å². The number of rotatable bonds is 14. The van der Waals surface area contributed by atoms with E-state index in [1.54, 1.807) is 35.0 Å². The number of amides is 2. The van der Waals surface area contributed by atoms with Gasteiger partial charge in [-0.2, -0.15) is 0 Å². The largest absolute Gasteiger partial charge is 0.438 e. The van der Waals surface area contributed by atoms with Gasteiger partial charge in [-0.05, 0) is 46.0 Å². The third kappa shape index (κ3) is 19.9. The van der Waals surface area contributed by atoms with Crippen molar-refractivity contribution in [2.75, 3.05) is 48.1 Å². The fraction of sp³-hybridized carbons (Fsp3) is 0.786. The quantitative estimate of drug-likeness (QED) is 0.0976. The lowest BCUT2D eigenvalue weighted by molar-refractivity contribution is -0.160. The second kappa shape index (κ2) is 21.5. The molecule has 0 aromatic heterocycles. The van der Waals surface area contributed by atoms with Crippen LogP contribution in [0.5, 0.6) is 0 Å². The topological polar surface area (TPSA) is 156 Å². The van der Waals surface area contributed by atoms with Crippen molar-refractivity contribution in [2.24, 2.45) is 16.7 Å². The van der Waals surface area contributed by atoms with Gasteiger partial charge in [-0.1, -0.05) is 27.7 Å². The summed E-state index contributed by atoms with van der Waals surface area (Å²) in [6.45, 7) is 12.0. The number of aldehydes is 1. The number of nitrogens with zero attached hydrogens (tertiary/aromatic N) is 1. The normalized spacial score (nSPS) is 18.8. The molecule has 0 aliphatic carbocycles. The van der Waals surface area contributed by atoms with Gasteiger partial charge < -0.3 is 29.1 Å². The lowest BCUT2D eigenvalue weighted by Crippen LogP contribution is -2.31. The third-order valence-electron chi connectivity index (χ3n) is 5.39. The first-order chi connectivity index (χ1) is 19.4. The van der Waals surface area contributed by atoms with E-state index in [4.69, 9.17) is 23.3 Å². The van der Waals surface area contributed by atoms with Gasteiger partial charge in [0.15, 0.2) is 6.79 Å². The van der Waals surface area contributed by atoms with E-state index in [1.807, 2.05) is 27.7 Å². The minimum Gasteiger partial charge on any atom is -0.438 e. The van der Waals surface area contributed by atoms with Crippen LogP contribution < -0.4 is 5.32 Å². The molecule has 1 fully saturated rings. The van der Waals surface area contributed by atoms with Crippen molar-refractivity contribution in [2.45, 2.75) is 80.1 Å². The van der Waals surface area contributed by atoms with Crippen molar-refractivity contribution >= 4 is 32.2 Å². The van der Waals surface area contributed by atoms with Crippen LogP contribution in [0, 0.1) is 16.7 Å². The van der Waals surface area contributed by atoms with Gasteiger partial charge in [0, 0.05) is 46.1 Å². The van der Waals surface area contributed by atoms with Gasteiger partial charge in [-0.3, -0.25) is 32.9 Å². The monoisotopic (exact) mass is 624 g/mol. The molecule has 0 spiro atoms. The Bertz CT molecular complexity index is 869. The molecule has 1 heterocycles. The molecule has 2 amide bonds. The maximum absolute atomic E-state index is 13.1. The lowest BCUT2D eigenvalue weighted by atomic mass is 9.98. The molecule has 1 rings (SSSR count). The second-order valence-electron chi connectivity index (χ2n) is 11.6. The molecule has 1 saturated heterocycles. The zero-order valence-corrected chi connectivity index (χ0v) is 28.1. The average Bonchev–Trinajstić information content (AvgIpc) is 3.41. The van der Waals surface area contributed by atoms with Crippen molar-refractivity contribution in [3.63, 3.8) is 0 Å². The van der Waals surface area contributed by atoms with Crippen LogP contribution in [0.25, 0.3) is 0 Å². The fourth-order valence-electron chi connectivity index (χ4n) is 2.94. The highest BCUT2D eigenvalue weighted by molar-refractivity contribution is 7.53. The second-order valence-corrected chi connectivity index (χ2v) is 13.8. The van der Waals surface area contributed by atoms with Crippen LogP contribution in [-0.2, 0) is 51.7 Å². The predicted molar refractivity (Wildman–Crippen MR) is 158 cm³/mol. The number of likely N-dealkylation sites (N-methyl/N-ethyl adjacent to an activating group) is 1. The maximum Gasteiger partial charge on any atom is 0.335 e. The summed E-state index contributed by atoms with van der Waals surface area (Å²) in [6.07, 6.45) is 5.32. The molecule has 4 unspecified atom stereocenters. The average molecular weight is 625 g/mol. The summed E-state index contributed by atoms with van der Waals surface area (Å²) in [5.74, 6) is -0.832. The number of methoxy groups -OCH3 is 2. The summed E-state index contributed by atoms with van der Waals surface area (Å²) in [5.41, 5.74) is -0.851. The van der Waals surface area contributed by atoms with Crippen LogP contribution in [0.2, 0.25) is 0 Å². The van der Waals surface area contributed by atoms with E-state index in [9.17, 15) is 23.7 Å². The van der Waals surface area contributed by atoms with E-state index in [-0.39, 0.29) is 36.3 Å². The number of carbonyl (C=O) groups is 4. The molecular formula is C28H53N2O11P. The number of esters is 1. The Morgan fingerprint density at radius 2 is 1.60 bits per heavy atom. The Morgan fingerprint density at radius 1 is 1.05 bits per heavy atom. The van der Waals surface area contributed by atoms with E-state index in [0.717, 1.165) is 6.29 Å². The molecule has 0 saturated carbocycles. The summed E-state index contributed by atoms with van der Waals surface area (Å²) >= 11 is 0. The van der Waals surface area contributed by atoms with Gasteiger partial charge in [0.2, 0.25) is 19.1 Å². The molecule has 1 N–H and O–H groups in total.